The summed E-state index contributed by atoms with van der Waals surface area (Å²) in [6.07, 6.45) is -0.708. The van der Waals surface area contributed by atoms with E-state index >= 15 is 0 Å². The molecule has 0 saturated heterocycles. The fourth-order valence-electron chi connectivity index (χ4n) is 0.601. The Bertz CT molecular complexity index is 172. The zero-order valence-corrected chi connectivity index (χ0v) is 7.50. The van der Waals surface area contributed by atoms with Crippen molar-refractivity contribution in [1.29, 1.82) is 0 Å². The smallest absolute Gasteiger partial charge is 0.407 e. The minimum absolute atomic E-state index is 0.0682. The summed E-state index contributed by atoms with van der Waals surface area (Å²) < 4.78 is 4.44. The number of amides is 2. The Morgan fingerprint density at radius 1 is 1.38 bits per heavy atom. The van der Waals surface area contributed by atoms with Crippen LogP contribution in [0.2, 0.25) is 0 Å². The Balaban J connectivity index is 3.40. The van der Waals surface area contributed by atoms with Gasteiger partial charge in [0.25, 0.3) is 0 Å². The molecule has 0 bridgehead atoms. The van der Waals surface area contributed by atoms with Gasteiger partial charge in [-0.25, -0.2) is 4.79 Å². The van der Waals surface area contributed by atoms with Gasteiger partial charge in [-0.3, -0.25) is 4.79 Å². The third-order valence-corrected chi connectivity index (χ3v) is 1.09. The monoisotopic (exact) mass is 190 g/mol. The van der Waals surface area contributed by atoms with Crippen LogP contribution in [0.5, 0.6) is 0 Å². The van der Waals surface area contributed by atoms with Crippen LogP contribution in [0.4, 0.5) is 4.79 Å². The van der Waals surface area contributed by atoms with Crippen molar-refractivity contribution >= 4 is 12.0 Å². The molecule has 0 aliphatic carbocycles. The van der Waals surface area contributed by atoms with Gasteiger partial charge in [0.05, 0.1) is 13.2 Å². The number of rotatable bonds is 5. The summed E-state index contributed by atoms with van der Waals surface area (Å²) in [5, 5.41) is 13.0. The number of alkyl carbamates (subject to hydrolysis) is 1. The van der Waals surface area contributed by atoms with Gasteiger partial charge in [0, 0.05) is 6.54 Å². The van der Waals surface area contributed by atoms with E-state index in [1.54, 1.807) is 6.92 Å². The zero-order chi connectivity index (χ0) is 10.1. The molecule has 0 heterocycles. The molecule has 0 unspecified atom stereocenters. The predicted molar refractivity (Wildman–Crippen MR) is 45.1 cm³/mol. The number of carbonyl (C=O) groups is 2. The highest BCUT2D eigenvalue weighted by Crippen LogP contribution is 1.75. The largest absolute Gasteiger partial charge is 0.447 e. The highest BCUT2D eigenvalue weighted by Gasteiger charge is 2.03. The highest BCUT2D eigenvalue weighted by atomic mass is 16.6. The van der Waals surface area contributed by atoms with Crippen molar-refractivity contribution in [2.75, 3.05) is 26.3 Å². The summed E-state index contributed by atoms with van der Waals surface area (Å²) in [5.41, 5.74) is 0. The standard InChI is InChI=1S/C7H14N2O4/c1-2-8-6(11)5-9-7(12)13-4-3-10/h10H,2-5H2,1H3,(H,8,11)(H,9,12). The Kier molecular flexibility index (Phi) is 6.62. The van der Waals surface area contributed by atoms with Crippen molar-refractivity contribution in [2.45, 2.75) is 6.92 Å². The highest BCUT2D eigenvalue weighted by molar-refractivity contribution is 5.81. The number of hydrogen-bond acceptors (Lipinski definition) is 4. The van der Waals surface area contributed by atoms with Crippen molar-refractivity contribution in [3.63, 3.8) is 0 Å². The minimum atomic E-state index is -0.708. The van der Waals surface area contributed by atoms with Crippen LogP contribution in [0, 0.1) is 0 Å². The molecule has 2 amide bonds. The second-order valence-electron chi connectivity index (χ2n) is 2.17. The third-order valence-electron chi connectivity index (χ3n) is 1.09. The lowest BCUT2D eigenvalue weighted by atomic mass is 10.5. The van der Waals surface area contributed by atoms with Crippen LogP contribution < -0.4 is 10.6 Å². The molecule has 13 heavy (non-hydrogen) atoms. The normalized spacial score (nSPS) is 9.08. The maximum atomic E-state index is 10.8. The van der Waals surface area contributed by atoms with Gasteiger partial charge in [-0.15, -0.1) is 0 Å². The summed E-state index contributed by atoms with van der Waals surface area (Å²) in [6, 6.07) is 0. The SMILES string of the molecule is CCNC(=O)CNC(=O)OCCO. The van der Waals surface area contributed by atoms with Crippen LogP contribution in [-0.4, -0.2) is 43.4 Å². The molecule has 0 aromatic carbocycles. The number of aliphatic hydroxyl groups is 1. The minimum Gasteiger partial charge on any atom is -0.447 e. The number of carbonyl (C=O) groups excluding carboxylic acids is 2. The quantitative estimate of drug-likeness (QED) is 0.510. The van der Waals surface area contributed by atoms with Gasteiger partial charge in [-0.1, -0.05) is 0 Å². The Morgan fingerprint density at radius 2 is 2.08 bits per heavy atom. The van der Waals surface area contributed by atoms with Gasteiger partial charge in [0.1, 0.15) is 6.61 Å². The van der Waals surface area contributed by atoms with Crippen molar-refractivity contribution in [3.8, 4) is 0 Å². The molecule has 0 aliphatic rings. The molecule has 0 saturated carbocycles. The molecule has 0 aromatic heterocycles. The van der Waals surface area contributed by atoms with E-state index in [1.807, 2.05) is 0 Å². The summed E-state index contributed by atoms with van der Waals surface area (Å²) in [6.45, 7) is 1.89. The van der Waals surface area contributed by atoms with Crippen LogP contribution in [0.3, 0.4) is 0 Å². The molecule has 0 aliphatic heterocycles. The molecule has 0 atom stereocenters. The predicted octanol–water partition coefficient (Wildman–Crippen LogP) is -1.16. The first-order valence-corrected chi connectivity index (χ1v) is 3.99. The number of nitrogens with one attached hydrogen (secondary N) is 2. The molecule has 0 spiro atoms. The maximum Gasteiger partial charge on any atom is 0.407 e. The van der Waals surface area contributed by atoms with Gasteiger partial charge in [-0.2, -0.15) is 0 Å². The van der Waals surface area contributed by atoms with Crippen LogP contribution in [0.15, 0.2) is 0 Å². The first-order valence-electron chi connectivity index (χ1n) is 3.99. The van der Waals surface area contributed by atoms with E-state index in [9.17, 15) is 9.59 Å². The molecule has 76 valence electrons. The summed E-state index contributed by atoms with van der Waals surface area (Å²) in [5.74, 6) is -0.275. The summed E-state index contributed by atoms with van der Waals surface area (Å²) in [4.78, 5) is 21.5. The first-order chi connectivity index (χ1) is 6.20. The van der Waals surface area contributed by atoms with Crippen molar-refractivity contribution in [1.82, 2.24) is 10.6 Å². The molecule has 0 radical (unpaired) electrons. The van der Waals surface area contributed by atoms with E-state index in [4.69, 9.17) is 5.11 Å². The van der Waals surface area contributed by atoms with Crippen LogP contribution >= 0.6 is 0 Å². The van der Waals surface area contributed by atoms with Crippen molar-refractivity contribution < 1.29 is 19.4 Å². The molecular formula is C7H14N2O4. The average Bonchev–Trinajstić information content (AvgIpc) is 2.12. The second-order valence-corrected chi connectivity index (χ2v) is 2.17. The third kappa shape index (κ3) is 7.07. The lowest BCUT2D eigenvalue weighted by molar-refractivity contribution is -0.120. The molecule has 6 heteroatoms. The number of likely N-dealkylation sites (N-methyl/N-ethyl adjacent to an activating group) is 1. The van der Waals surface area contributed by atoms with Crippen LogP contribution in [-0.2, 0) is 9.53 Å². The van der Waals surface area contributed by atoms with E-state index < -0.39 is 6.09 Å². The van der Waals surface area contributed by atoms with Gasteiger partial charge in [-0.05, 0) is 6.92 Å². The van der Waals surface area contributed by atoms with E-state index in [0.717, 1.165) is 0 Å². The Hall–Kier alpha value is -1.30. The Labute approximate surface area is 76.3 Å². The zero-order valence-electron chi connectivity index (χ0n) is 7.50. The molecule has 6 nitrogen and oxygen atoms in total. The Morgan fingerprint density at radius 3 is 2.62 bits per heavy atom. The fourth-order valence-corrected chi connectivity index (χ4v) is 0.601. The van der Waals surface area contributed by atoms with E-state index in [-0.39, 0.29) is 25.7 Å². The molecule has 0 rings (SSSR count). The second kappa shape index (κ2) is 7.35. The molecule has 0 fully saturated rings. The topological polar surface area (TPSA) is 87.7 Å². The number of aliphatic hydroxyl groups excluding tert-OH is 1. The van der Waals surface area contributed by atoms with Gasteiger partial charge in [0.15, 0.2) is 0 Å². The molecular weight excluding hydrogens is 176 g/mol. The van der Waals surface area contributed by atoms with E-state index in [2.05, 4.69) is 15.4 Å². The summed E-state index contributed by atoms with van der Waals surface area (Å²) in [7, 11) is 0. The lowest BCUT2D eigenvalue weighted by Gasteiger charge is -2.05. The summed E-state index contributed by atoms with van der Waals surface area (Å²) >= 11 is 0. The number of ether oxygens (including phenoxy) is 1. The first kappa shape index (κ1) is 11.7. The van der Waals surface area contributed by atoms with E-state index in [0.29, 0.717) is 6.54 Å². The molecule has 0 aromatic rings. The molecule has 3 N–H and O–H groups in total. The van der Waals surface area contributed by atoms with Crippen LogP contribution in [0.1, 0.15) is 6.92 Å². The van der Waals surface area contributed by atoms with Crippen LogP contribution in [0.25, 0.3) is 0 Å². The van der Waals surface area contributed by atoms with Gasteiger partial charge >= 0.3 is 6.09 Å². The van der Waals surface area contributed by atoms with Gasteiger partial charge in [0.2, 0.25) is 5.91 Å². The average molecular weight is 190 g/mol. The lowest BCUT2D eigenvalue weighted by Crippen LogP contribution is -2.37. The number of hydrogen-bond donors (Lipinski definition) is 3. The maximum absolute atomic E-state index is 10.8. The fraction of sp³-hybridized carbons (Fsp3) is 0.714. The van der Waals surface area contributed by atoms with Gasteiger partial charge < -0.3 is 20.5 Å². The van der Waals surface area contributed by atoms with Crippen molar-refractivity contribution in [2.24, 2.45) is 0 Å². The van der Waals surface area contributed by atoms with Crippen molar-refractivity contribution in [3.05, 3.63) is 0 Å². The van der Waals surface area contributed by atoms with E-state index in [1.165, 1.54) is 0 Å².